The highest BCUT2D eigenvalue weighted by Crippen LogP contribution is 2.05. The third kappa shape index (κ3) is 2.09. The zero-order chi connectivity index (χ0) is 7.56. The van der Waals surface area contributed by atoms with Crippen LogP contribution in [-0.2, 0) is 4.79 Å². The maximum atomic E-state index is 10.8. The van der Waals surface area contributed by atoms with Crippen LogP contribution in [0.25, 0.3) is 0 Å². The summed E-state index contributed by atoms with van der Waals surface area (Å²) in [5.41, 5.74) is 0. The summed E-state index contributed by atoms with van der Waals surface area (Å²) in [5.74, 6) is 0.199. The smallest absolute Gasteiger partial charge is 0.219 e. The molecule has 10 heavy (non-hydrogen) atoms. The Kier molecular flexibility index (Phi) is 2.91. The van der Waals surface area contributed by atoms with Crippen LogP contribution < -0.4 is 0 Å². The highest BCUT2D eigenvalue weighted by atomic mass is 127. The number of carbonyl (C=O) groups is 1. The molecule has 0 aromatic carbocycles. The van der Waals surface area contributed by atoms with E-state index in [4.69, 9.17) is 0 Å². The van der Waals surface area contributed by atoms with Gasteiger partial charge in [0.25, 0.3) is 0 Å². The molecule has 1 saturated heterocycles. The van der Waals surface area contributed by atoms with Crippen molar-refractivity contribution in [1.82, 2.24) is 8.01 Å². The van der Waals surface area contributed by atoms with Gasteiger partial charge in [-0.05, 0) is 0 Å². The number of halogens is 1. The van der Waals surface area contributed by atoms with Crippen molar-refractivity contribution >= 4 is 28.8 Å². The molecule has 0 bridgehead atoms. The van der Waals surface area contributed by atoms with Crippen LogP contribution in [0.1, 0.15) is 6.92 Å². The predicted molar refractivity (Wildman–Crippen MR) is 47.8 cm³/mol. The number of amides is 1. The third-order valence-corrected chi connectivity index (χ3v) is 2.64. The van der Waals surface area contributed by atoms with Gasteiger partial charge in [0.15, 0.2) is 0 Å². The monoisotopic (exact) mass is 254 g/mol. The first-order valence-electron chi connectivity index (χ1n) is 3.36. The molecule has 4 heteroatoms. The zero-order valence-corrected chi connectivity index (χ0v) is 8.17. The summed E-state index contributed by atoms with van der Waals surface area (Å²) in [7, 11) is 0. The molecule has 58 valence electrons. The summed E-state index contributed by atoms with van der Waals surface area (Å²) in [6, 6.07) is 0. The Morgan fingerprint density at radius 3 is 2.20 bits per heavy atom. The molecular weight excluding hydrogens is 243 g/mol. The summed E-state index contributed by atoms with van der Waals surface area (Å²) in [6.07, 6.45) is 0. The fourth-order valence-electron chi connectivity index (χ4n) is 0.997. The van der Waals surface area contributed by atoms with Gasteiger partial charge in [0, 0.05) is 56.0 Å². The van der Waals surface area contributed by atoms with Crippen LogP contribution in [0.3, 0.4) is 0 Å². The van der Waals surface area contributed by atoms with Crippen LogP contribution in [0, 0.1) is 0 Å². The third-order valence-electron chi connectivity index (χ3n) is 1.67. The van der Waals surface area contributed by atoms with Gasteiger partial charge in [-0.15, -0.1) is 0 Å². The van der Waals surface area contributed by atoms with Gasteiger partial charge in [-0.2, -0.15) is 0 Å². The molecule has 0 unspecified atom stereocenters. The summed E-state index contributed by atoms with van der Waals surface area (Å²) in [6.45, 7) is 5.40. The van der Waals surface area contributed by atoms with Crippen LogP contribution in [0.15, 0.2) is 0 Å². The van der Waals surface area contributed by atoms with Crippen molar-refractivity contribution in [3.05, 3.63) is 0 Å². The summed E-state index contributed by atoms with van der Waals surface area (Å²) < 4.78 is 2.21. The predicted octanol–water partition coefficient (Wildman–Crippen LogP) is 0.501. The Morgan fingerprint density at radius 1 is 1.30 bits per heavy atom. The Balaban J connectivity index is 2.33. The van der Waals surface area contributed by atoms with Crippen LogP contribution in [0.4, 0.5) is 0 Å². The van der Waals surface area contributed by atoms with Gasteiger partial charge < -0.3 is 4.90 Å². The van der Waals surface area contributed by atoms with Gasteiger partial charge in [0.2, 0.25) is 5.91 Å². The normalized spacial score (nSPS) is 21.2. The van der Waals surface area contributed by atoms with E-state index in [1.165, 1.54) is 0 Å². The number of hydrogen-bond acceptors (Lipinski definition) is 2. The minimum Gasteiger partial charge on any atom is -0.340 e. The van der Waals surface area contributed by atoms with Gasteiger partial charge in [0.05, 0.1) is 0 Å². The molecule has 0 saturated carbocycles. The number of hydrogen-bond donors (Lipinski definition) is 0. The van der Waals surface area contributed by atoms with Crippen molar-refractivity contribution in [3.63, 3.8) is 0 Å². The number of carbonyl (C=O) groups excluding carboxylic acids is 1. The fraction of sp³-hybridized carbons (Fsp3) is 0.833. The SMILES string of the molecule is CC(=O)N1CCN(I)CC1. The molecule has 0 radical (unpaired) electrons. The first-order chi connectivity index (χ1) is 4.70. The van der Waals surface area contributed by atoms with Crippen molar-refractivity contribution in [2.45, 2.75) is 6.92 Å². The number of nitrogens with zero attached hydrogens (tertiary/aromatic N) is 2. The van der Waals surface area contributed by atoms with Crippen LogP contribution >= 0.6 is 22.9 Å². The Morgan fingerprint density at radius 2 is 1.80 bits per heavy atom. The molecule has 0 atom stereocenters. The molecular formula is C6H11IN2O. The Hall–Kier alpha value is 0.160. The molecule has 1 heterocycles. The molecule has 1 rings (SSSR count). The molecule has 0 aromatic rings. The van der Waals surface area contributed by atoms with Crippen molar-refractivity contribution in [2.24, 2.45) is 0 Å². The lowest BCUT2D eigenvalue weighted by atomic mass is 10.4. The first kappa shape index (κ1) is 8.26. The van der Waals surface area contributed by atoms with Gasteiger partial charge in [-0.3, -0.25) is 4.79 Å². The highest BCUT2D eigenvalue weighted by molar-refractivity contribution is 14.1. The lowest BCUT2D eigenvalue weighted by Gasteiger charge is -2.30. The van der Waals surface area contributed by atoms with Gasteiger partial charge >= 0.3 is 0 Å². The second-order valence-electron chi connectivity index (χ2n) is 2.42. The van der Waals surface area contributed by atoms with Crippen LogP contribution in [0.5, 0.6) is 0 Å². The second kappa shape index (κ2) is 3.52. The van der Waals surface area contributed by atoms with Gasteiger partial charge in [0.1, 0.15) is 0 Å². The van der Waals surface area contributed by atoms with E-state index in [0.29, 0.717) is 0 Å². The molecule has 3 nitrogen and oxygen atoms in total. The van der Waals surface area contributed by atoms with E-state index >= 15 is 0 Å². The number of rotatable bonds is 0. The maximum absolute atomic E-state index is 10.8. The van der Waals surface area contributed by atoms with Gasteiger partial charge in [-0.1, -0.05) is 0 Å². The van der Waals surface area contributed by atoms with E-state index in [1.807, 2.05) is 4.90 Å². The topological polar surface area (TPSA) is 23.6 Å². The molecule has 1 amide bonds. The lowest BCUT2D eigenvalue weighted by molar-refractivity contribution is -0.129. The standard InChI is InChI=1S/C6H11IN2O/c1-6(10)8-2-4-9(7)5-3-8/h2-5H2,1H3. The average molecular weight is 254 g/mol. The minimum atomic E-state index is 0.199. The quantitative estimate of drug-likeness (QED) is 0.464. The molecule has 0 spiro atoms. The lowest BCUT2D eigenvalue weighted by Crippen LogP contribution is -2.44. The molecule has 0 aliphatic carbocycles. The van der Waals surface area contributed by atoms with Crippen molar-refractivity contribution in [1.29, 1.82) is 0 Å². The van der Waals surface area contributed by atoms with E-state index in [2.05, 4.69) is 26.0 Å². The number of piperazine rings is 1. The Labute approximate surface area is 74.9 Å². The molecule has 1 aliphatic heterocycles. The van der Waals surface area contributed by atoms with Crippen LogP contribution in [0.2, 0.25) is 0 Å². The van der Waals surface area contributed by atoms with Crippen molar-refractivity contribution in [3.8, 4) is 0 Å². The Bertz CT molecular complexity index is 132. The average Bonchev–Trinajstić information content (AvgIpc) is 1.88. The highest BCUT2D eigenvalue weighted by Gasteiger charge is 2.15. The van der Waals surface area contributed by atoms with E-state index < -0.39 is 0 Å². The first-order valence-corrected chi connectivity index (χ1v) is 4.33. The molecule has 0 N–H and O–H groups in total. The minimum absolute atomic E-state index is 0.199. The maximum Gasteiger partial charge on any atom is 0.219 e. The summed E-state index contributed by atoms with van der Waals surface area (Å²) in [5, 5.41) is 0. The molecule has 1 fully saturated rings. The van der Waals surface area contributed by atoms with Crippen LogP contribution in [-0.4, -0.2) is 40.1 Å². The zero-order valence-electron chi connectivity index (χ0n) is 6.01. The van der Waals surface area contributed by atoms with E-state index in [0.717, 1.165) is 26.2 Å². The molecule has 0 aromatic heterocycles. The van der Waals surface area contributed by atoms with Crippen molar-refractivity contribution < 1.29 is 4.79 Å². The second-order valence-corrected chi connectivity index (χ2v) is 3.78. The summed E-state index contributed by atoms with van der Waals surface area (Å²) in [4.78, 5) is 12.7. The van der Waals surface area contributed by atoms with Gasteiger partial charge in [-0.25, -0.2) is 3.11 Å². The van der Waals surface area contributed by atoms with E-state index in [1.54, 1.807) is 6.92 Å². The fourth-order valence-corrected chi connectivity index (χ4v) is 1.43. The molecule has 1 aliphatic rings. The van der Waals surface area contributed by atoms with E-state index in [-0.39, 0.29) is 5.91 Å². The summed E-state index contributed by atoms with van der Waals surface area (Å²) >= 11 is 2.29. The van der Waals surface area contributed by atoms with E-state index in [9.17, 15) is 4.79 Å². The van der Waals surface area contributed by atoms with Crippen molar-refractivity contribution in [2.75, 3.05) is 26.2 Å². The largest absolute Gasteiger partial charge is 0.340 e.